The Hall–Kier alpha value is -2.63. The molecule has 128 valence electrons. The molecule has 0 aliphatic rings. The summed E-state index contributed by atoms with van der Waals surface area (Å²) in [4.78, 5) is 23.7. The Morgan fingerprint density at radius 3 is 2.42 bits per heavy atom. The molecule has 0 atom stereocenters. The van der Waals surface area contributed by atoms with Crippen LogP contribution in [-0.4, -0.2) is 28.3 Å². The molecule has 0 radical (unpaired) electrons. The molecule has 0 fully saturated rings. The highest BCUT2D eigenvalue weighted by molar-refractivity contribution is 5.93. The number of anilines is 1. The molecule has 2 rings (SSSR count). The molecule has 0 aliphatic carbocycles. The number of hydrogen-bond donors (Lipinski definition) is 1. The van der Waals surface area contributed by atoms with Gasteiger partial charge in [-0.1, -0.05) is 0 Å². The third-order valence-corrected chi connectivity index (χ3v) is 3.94. The number of carbonyl (C=O) groups is 2. The van der Waals surface area contributed by atoms with Gasteiger partial charge >= 0.3 is 5.97 Å². The van der Waals surface area contributed by atoms with E-state index in [1.54, 1.807) is 31.2 Å². The second kappa shape index (κ2) is 7.77. The van der Waals surface area contributed by atoms with Gasteiger partial charge in [-0.15, -0.1) is 0 Å². The minimum atomic E-state index is -0.363. The molecule has 1 N–H and O–H groups in total. The van der Waals surface area contributed by atoms with Crippen molar-refractivity contribution in [2.24, 2.45) is 7.05 Å². The van der Waals surface area contributed by atoms with Crippen LogP contribution < -0.4 is 5.32 Å². The van der Waals surface area contributed by atoms with E-state index in [4.69, 9.17) is 4.74 Å². The molecule has 1 heterocycles. The zero-order valence-electron chi connectivity index (χ0n) is 14.5. The van der Waals surface area contributed by atoms with Gasteiger partial charge in [0.15, 0.2) is 0 Å². The molecule has 1 amide bonds. The summed E-state index contributed by atoms with van der Waals surface area (Å²) in [6.45, 7) is 6.05. The zero-order valence-corrected chi connectivity index (χ0v) is 14.5. The van der Waals surface area contributed by atoms with E-state index in [0.29, 0.717) is 30.7 Å². The van der Waals surface area contributed by atoms with Gasteiger partial charge in [0.25, 0.3) is 0 Å². The number of nitrogens with zero attached hydrogens (tertiary/aromatic N) is 2. The van der Waals surface area contributed by atoms with Crippen LogP contribution in [0.2, 0.25) is 0 Å². The molecule has 24 heavy (non-hydrogen) atoms. The van der Waals surface area contributed by atoms with Crippen molar-refractivity contribution < 1.29 is 14.3 Å². The highest BCUT2D eigenvalue weighted by Gasteiger charge is 2.12. The molecular formula is C18H23N3O3. The van der Waals surface area contributed by atoms with E-state index in [2.05, 4.69) is 10.4 Å². The second-order valence-corrected chi connectivity index (χ2v) is 5.62. The summed E-state index contributed by atoms with van der Waals surface area (Å²) in [6.07, 6.45) is 1.03. The highest BCUT2D eigenvalue weighted by Crippen LogP contribution is 2.15. The Kier molecular flexibility index (Phi) is 5.73. The van der Waals surface area contributed by atoms with Crippen LogP contribution >= 0.6 is 0 Å². The molecule has 0 spiro atoms. The number of aryl methyl sites for hydroxylation is 2. The minimum Gasteiger partial charge on any atom is -0.462 e. The molecule has 1 aromatic carbocycles. The Morgan fingerprint density at radius 2 is 1.88 bits per heavy atom. The minimum absolute atomic E-state index is 0.0680. The molecular weight excluding hydrogens is 306 g/mol. The van der Waals surface area contributed by atoms with E-state index in [-0.39, 0.29) is 11.9 Å². The van der Waals surface area contributed by atoms with Crippen molar-refractivity contribution in [3.8, 4) is 0 Å². The summed E-state index contributed by atoms with van der Waals surface area (Å²) in [5, 5.41) is 7.19. The van der Waals surface area contributed by atoms with Crippen molar-refractivity contribution in [3.05, 3.63) is 46.8 Å². The Morgan fingerprint density at radius 1 is 1.21 bits per heavy atom. The molecule has 0 aliphatic heterocycles. The number of aromatic nitrogens is 2. The van der Waals surface area contributed by atoms with Gasteiger partial charge in [0, 0.05) is 24.8 Å². The van der Waals surface area contributed by atoms with E-state index < -0.39 is 0 Å². The third-order valence-electron chi connectivity index (χ3n) is 3.94. The lowest BCUT2D eigenvalue weighted by Gasteiger charge is -2.07. The van der Waals surface area contributed by atoms with Crippen LogP contribution in [0, 0.1) is 13.8 Å². The van der Waals surface area contributed by atoms with Crippen molar-refractivity contribution in [1.29, 1.82) is 0 Å². The largest absolute Gasteiger partial charge is 0.462 e. The predicted octanol–water partition coefficient (Wildman–Crippen LogP) is 2.78. The van der Waals surface area contributed by atoms with Crippen LogP contribution in [0.1, 0.15) is 40.7 Å². The molecule has 0 bridgehead atoms. The van der Waals surface area contributed by atoms with Crippen molar-refractivity contribution in [2.75, 3.05) is 11.9 Å². The molecule has 1 aromatic heterocycles. The average Bonchev–Trinajstić information content (AvgIpc) is 2.79. The van der Waals surface area contributed by atoms with Crippen LogP contribution in [-0.2, 0) is 23.0 Å². The lowest BCUT2D eigenvalue weighted by atomic mass is 10.1. The lowest BCUT2D eigenvalue weighted by molar-refractivity contribution is -0.116. The summed E-state index contributed by atoms with van der Waals surface area (Å²) in [6, 6.07) is 6.68. The molecule has 0 saturated carbocycles. The van der Waals surface area contributed by atoms with Crippen molar-refractivity contribution in [2.45, 2.75) is 33.6 Å². The van der Waals surface area contributed by atoms with Gasteiger partial charge in [0.05, 0.1) is 17.9 Å². The quantitative estimate of drug-likeness (QED) is 0.827. The van der Waals surface area contributed by atoms with Gasteiger partial charge in [0.2, 0.25) is 5.91 Å². The van der Waals surface area contributed by atoms with Gasteiger partial charge in [-0.05, 0) is 57.0 Å². The number of esters is 1. The Labute approximate surface area is 141 Å². The number of hydrogen-bond acceptors (Lipinski definition) is 4. The summed E-state index contributed by atoms with van der Waals surface area (Å²) >= 11 is 0. The maximum atomic E-state index is 12.1. The van der Waals surface area contributed by atoms with Gasteiger partial charge < -0.3 is 10.1 Å². The highest BCUT2D eigenvalue weighted by atomic mass is 16.5. The summed E-state index contributed by atoms with van der Waals surface area (Å²) in [5.74, 6) is -0.431. The van der Waals surface area contributed by atoms with Gasteiger partial charge in [-0.2, -0.15) is 5.10 Å². The van der Waals surface area contributed by atoms with Crippen molar-refractivity contribution >= 4 is 17.6 Å². The molecule has 2 aromatic rings. The van der Waals surface area contributed by atoms with E-state index in [1.165, 1.54) is 0 Å². The number of ether oxygens (including phenoxy) is 1. The fraction of sp³-hybridized carbons (Fsp3) is 0.389. The molecule has 6 nitrogen and oxygen atoms in total. The van der Waals surface area contributed by atoms with Crippen LogP contribution in [0.15, 0.2) is 24.3 Å². The number of carbonyl (C=O) groups excluding carboxylic acids is 2. The zero-order chi connectivity index (χ0) is 17.7. The summed E-state index contributed by atoms with van der Waals surface area (Å²) in [7, 11) is 1.90. The average molecular weight is 329 g/mol. The third kappa shape index (κ3) is 4.22. The molecule has 6 heteroatoms. The first-order chi connectivity index (χ1) is 11.4. The van der Waals surface area contributed by atoms with Crippen LogP contribution in [0.25, 0.3) is 0 Å². The van der Waals surface area contributed by atoms with Gasteiger partial charge in [-0.25, -0.2) is 4.79 Å². The number of amides is 1. The predicted molar refractivity (Wildman–Crippen MR) is 92.0 cm³/mol. The lowest BCUT2D eigenvalue weighted by Crippen LogP contribution is -2.13. The maximum Gasteiger partial charge on any atom is 0.338 e. The number of rotatable bonds is 6. The van der Waals surface area contributed by atoms with Crippen LogP contribution in [0.5, 0.6) is 0 Å². The SMILES string of the molecule is CCOC(=O)c1ccc(NC(=O)CCc2c(C)nn(C)c2C)cc1. The maximum absolute atomic E-state index is 12.1. The van der Waals surface area contributed by atoms with E-state index in [1.807, 2.05) is 25.6 Å². The number of benzene rings is 1. The second-order valence-electron chi connectivity index (χ2n) is 5.62. The first-order valence-corrected chi connectivity index (χ1v) is 7.98. The monoisotopic (exact) mass is 329 g/mol. The fourth-order valence-corrected chi connectivity index (χ4v) is 2.55. The number of nitrogens with one attached hydrogen (secondary N) is 1. The fourth-order valence-electron chi connectivity index (χ4n) is 2.55. The van der Waals surface area contributed by atoms with E-state index >= 15 is 0 Å². The standard InChI is InChI=1S/C18H23N3O3/c1-5-24-18(23)14-6-8-15(9-7-14)19-17(22)11-10-16-12(2)20-21(4)13(16)3/h6-9H,5,10-11H2,1-4H3,(H,19,22). The van der Waals surface area contributed by atoms with Gasteiger partial charge in [-0.3, -0.25) is 9.48 Å². The van der Waals surface area contributed by atoms with Crippen LogP contribution in [0.4, 0.5) is 5.69 Å². The first-order valence-electron chi connectivity index (χ1n) is 7.98. The Bertz CT molecular complexity index is 733. The first kappa shape index (κ1) is 17.7. The van der Waals surface area contributed by atoms with Crippen molar-refractivity contribution in [1.82, 2.24) is 9.78 Å². The smallest absolute Gasteiger partial charge is 0.338 e. The van der Waals surface area contributed by atoms with Crippen molar-refractivity contribution in [3.63, 3.8) is 0 Å². The molecule has 0 unspecified atom stereocenters. The Balaban J connectivity index is 1.91. The van der Waals surface area contributed by atoms with E-state index in [9.17, 15) is 9.59 Å². The summed E-state index contributed by atoms with van der Waals surface area (Å²) < 4.78 is 6.76. The molecule has 0 saturated heterocycles. The summed E-state index contributed by atoms with van der Waals surface area (Å²) in [5.41, 5.74) is 4.29. The van der Waals surface area contributed by atoms with Crippen LogP contribution in [0.3, 0.4) is 0 Å². The normalized spacial score (nSPS) is 10.5. The topological polar surface area (TPSA) is 73.2 Å². The van der Waals surface area contributed by atoms with Gasteiger partial charge in [0.1, 0.15) is 0 Å². The van der Waals surface area contributed by atoms with E-state index in [0.717, 1.165) is 17.0 Å².